The van der Waals surface area contributed by atoms with Gasteiger partial charge in [-0.15, -0.1) is 0 Å². The minimum Gasteiger partial charge on any atom is -0.326 e. The van der Waals surface area contributed by atoms with Crippen LogP contribution in [0.3, 0.4) is 0 Å². The highest BCUT2D eigenvalue weighted by Gasteiger charge is 2.47. The molecule has 2 aromatic carbocycles. The second-order valence-electron chi connectivity index (χ2n) is 5.98. The van der Waals surface area contributed by atoms with Gasteiger partial charge in [-0.25, -0.2) is 4.39 Å². The first kappa shape index (κ1) is 16.5. The van der Waals surface area contributed by atoms with Gasteiger partial charge in [0.1, 0.15) is 5.82 Å². The Morgan fingerprint density at radius 3 is 2.54 bits per heavy atom. The molecule has 0 saturated heterocycles. The topological polar surface area (TPSA) is 29.1 Å². The molecular formula is C18H15F4NO. The number of carbonyl (C=O) groups is 1. The average molecular weight is 337 g/mol. The highest BCUT2D eigenvalue weighted by atomic mass is 19.4. The summed E-state index contributed by atoms with van der Waals surface area (Å²) in [5.41, 5.74) is 0.497. The van der Waals surface area contributed by atoms with Gasteiger partial charge in [-0.1, -0.05) is 18.2 Å². The first-order chi connectivity index (χ1) is 11.3. The fraction of sp³-hybridized carbons (Fsp3) is 0.278. The van der Waals surface area contributed by atoms with Crippen LogP contribution >= 0.6 is 0 Å². The second kappa shape index (κ2) is 5.92. The average Bonchev–Trinajstić information content (AvgIpc) is 3.30. The predicted octanol–water partition coefficient (Wildman–Crippen LogP) is 4.90. The molecule has 0 bridgehead atoms. The first-order valence-electron chi connectivity index (χ1n) is 7.50. The van der Waals surface area contributed by atoms with E-state index in [1.807, 2.05) is 0 Å². The zero-order chi connectivity index (χ0) is 17.5. The van der Waals surface area contributed by atoms with Crippen molar-refractivity contribution < 1.29 is 22.4 Å². The highest BCUT2D eigenvalue weighted by molar-refractivity contribution is 5.95. The number of nitrogens with one attached hydrogen (secondary N) is 1. The van der Waals surface area contributed by atoms with Gasteiger partial charge in [-0.3, -0.25) is 4.79 Å². The van der Waals surface area contributed by atoms with E-state index in [0.717, 1.165) is 6.07 Å². The van der Waals surface area contributed by atoms with E-state index >= 15 is 0 Å². The Labute approximate surface area is 136 Å². The maximum atomic E-state index is 13.1. The number of amides is 1. The smallest absolute Gasteiger partial charge is 0.326 e. The Morgan fingerprint density at radius 1 is 1.17 bits per heavy atom. The minimum atomic E-state index is -4.44. The summed E-state index contributed by atoms with van der Waals surface area (Å²) in [7, 11) is 0. The third-order valence-corrected chi connectivity index (χ3v) is 4.24. The molecule has 6 heteroatoms. The van der Waals surface area contributed by atoms with E-state index in [-0.39, 0.29) is 11.5 Å². The molecule has 1 saturated carbocycles. The highest BCUT2D eigenvalue weighted by Crippen LogP contribution is 2.51. The van der Waals surface area contributed by atoms with Gasteiger partial charge in [0.05, 0.1) is 5.56 Å². The largest absolute Gasteiger partial charge is 0.416 e. The molecule has 1 fully saturated rings. The number of anilines is 1. The molecule has 1 N–H and O–H groups in total. The summed E-state index contributed by atoms with van der Waals surface area (Å²) < 4.78 is 52.3. The van der Waals surface area contributed by atoms with Gasteiger partial charge in [0.15, 0.2) is 0 Å². The molecule has 0 aromatic heterocycles. The number of carbonyl (C=O) groups excluding carboxylic acids is 1. The van der Waals surface area contributed by atoms with Crippen molar-refractivity contribution >= 4 is 11.6 Å². The van der Waals surface area contributed by atoms with Crippen molar-refractivity contribution in [3.8, 4) is 0 Å². The number of hydrogen-bond donors (Lipinski definition) is 1. The predicted molar refractivity (Wildman–Crippen MR) is 82.1 cm³/mol. The van der Waals surface area contributed by atoms with E-state index in [0.29, 0.717) is 17.7 Å². The molecule has 2 aromatic rings. The lowest BCUT2D eigenvalue weighted by Gasteiger charge is -2.13. The summed E-state index contributed by atoms with van der Waals surface area (Å²) in [6.45, 7) is 1.65. The van der Waals surface area contributed by atoms with Crippen LogP contribution in [0.2, 0.25) is 0 Å². The number of aryl methyl sites for hydroxylation is 1. The molecule has 0 radical (unpaired) electrons. The quantitative estimate of drug-likeness (QED) is 0.794. The fourth-order valence-electron chi connectivity index (χ4n) is 2.90. The van der Waals surface area contributed by atoms with Crippen molar-refractivity contribution in [1.82, 2.24) is 0 Å². The van der Waals surface area contributed by atoms with Crippen LogP contribution in [0, 0.1) is 18.7 Å². The summed E-state index contributed by atoms with van der Waals surface area (Å²) >= 11 is 0. The van der Waals surface area contributed by atoms with Crippen LogP contribution in [0.25, 0.3) is 0 Å². The van der Waals surface area contributed by atoms with Crippen LogP contribution in [-0.4, -0.2) is 5.91 Å². The van der Waals surface area contributed by atoms with E-state index < -0.39 is 29.4 Å². The zero-order valence-electron chi connectivity index (χ0n) is 12.8. The first-order valence-corrected chi connectivity index (χ1v) is 7.50. The van der Waals surface area contributed by atoms with Crippen LogP contribution in [0.5, 0.6) is 0 Å². The van der Waals surface area contributed by atoms with Crippen molar-refractivity contribution in [2.24, 2.45) is 5.92 Å². The molecule has 1 amide bonds. The Morgan fingerprint density at radius 2 is 1.88 bits per heavy atom. The minimum absolute atomic E-state index is 0.154. The molecule has 24 heavy (non-hydrogen) atoms. The van der Waals surface area contributed by atoms with Crippen molar-refractivity contribution in [3.63, 3.8) is 0 Å². The SMILES string of the molecule is Cc1cc(F)ccc1NC(=O)C1CC1c1ccccc1C(F)(F)F. The zero-order valence-corrected chi connectivity index (χ0v) is 12.8. The third kappa shape index (κ3) is 3.27. The van der Waals surface area contributed by atoms with Crippen molar-refractivity contribution in [2.75, 3.05) is 5.32 Å². The van der Waals surface area contributed by atoms with E-state index in [4.69, 9.17) is 0 Å². The molecule has 2 unspecified atom stereocenters. The van der Waals surface area contributed by atoms with Crippen molar-refractivity contribution in [1.29, 1.82) is 0 Å². The molecule has 126 valence electrons. The van der Waals surface area contributed by atoms with E-state index in [1.165, 1.54) is 30.3 Å². The van der Waals surface area contributed by atoms with Gasteiger partial charge in [0.25, 0.3) is 0 Å². The van der Waals surface area contributed by atoms with Crippen LogP contribution in [0.1, 0.15) is 29.0 Å². The number of benzene rings is 2. The fourth-order valence-corrected chi connectivity index (χ4v) is 2.90. The molecule has 2 nitrogen and oxygen atoms in total. The standard InChI is InChI=1S/C18H15F4NO/c1-10-8-11(19)6-7-16(10)23-17(24)14-9-13(14)12-4-2-3-5-15(12)18(20,21)22/h2-8,13-14H,9H2,1H3,(H,23,24). The van der Waals surface area contributed by atoms with Gasteiger partial charge in [0.2, 0.25) is 5.91 Å². The number of rotatable bonds is 3. The molecule has 2 atom stereocenters. The summed E-state index contributed by atoms with van der Waals surface area (Å²) in [5, 5.41) is 2.67. The molecule has 1 aliphatic rings. The molecule has 1 aliphatic carbocycles. The van der Waals surface area contributed by atoms with Gasteiger partial charge >= 0.3 is 6.18 Å². The molecule has 0 aliphatic heterocycles. The lowest BCUT2D eigenvalue weighted by molar-refractivity contribution is -0.138. The lowest BCUT2D eigenvalue weighted by atomic mass is 10.0. The monoisotopic (exact) mass is 337 g/mol. The lowest BCUT2D eigenvalue weighted by Crippen LogP contribution is -2.16. The Hall–Kier alpha value is -2.37. The maximum Gasteiger partial charge on any atom is 0.416 e. The molecule has 0 heterocycles. The number of hydrogen-bond acceptors (Lipinski definition) is 1. The number of alkyl halides is 3. The van der Waals surface area contributed by atoms with Crippen LogP contribution in [0.15, 0.2) is 42.5 Å². The van der Waals surface area contributed by atoms with Gasteiger partial charge < -0.3 is 5.32 Å². The normalized spacial score (nSPS) is 19.9. The van der Waals surface area contributed by atoms with Gasteiger partial charge in [0, 0.05) is 11.6 Å². The maximum absolute atomic E-state index is 13.1. The van der Waals surface area contributed by atoms with Gasteiger partial charge in [-0.2, -0.15) is 13.2 Å². The summed E-state index contributed by atoms with van der Waals surface area (Å²) in [5.74, 6) is -1.69. The van der Waals surface area contributed by atoms with Crippen LogP contribution in [-0.2, 0) is 11.0 Å². The summed E-state index contributed by atoms with van der Waals surface area (Å²) in [6.07, 6.45) is -4.06. The van der Waals surface area contributed by atoms with Crippen LogP contribution in [0.4, 0.5) is 23.2 Å². The van der Waals surface area contributed by atoms with E-state index in [9.17, 15) is 22.4 Å². The molecule has 3 rings (SSSR count). The van der Waals surface area contributed by atoms with Crippen LogP contribution < -0.4 is 5.32 Å². The Bertz CT molecular complexity index is 785. The van der Waals surface area contributed by atoms with Crippen molar-refractivity contribution in [2.45, 2.75) is 25.4 Å². The third-order valence-electron chi connectivity index (χ3n) is 4.24. The van der Waals surface area contributed by atoms with E-state index in [2.05, 4.69) is 5.32 Å². The van der Waals surface area contributed by atoms with E-state index in [1.54, 1.807) is 13.0 Å². The summed E-state index contributed by atoms with van der Waals surface area (Å²) in [6, 6.07) is 9.30. The Kier molecular flexibility index (Phi) is 4.07. The van der Waals surface area contributed by atoms with Crippen molar-refractivity contribution in [3.05, 3.63) is 65.0 Å². The second-order valence-corrected chi connectivity index (χ2v) is 5.98. The number of halogens is 4. The Balaban J connectivity index is 1.75. The molecular weight excluding hydrogens is 322 g/mol. The van der Waals surface area contributed by atoms with Gasteiger partial charge in [-0.05, 0) is 54.7 Å². The molecule has 0 spiro atoms. The summed E-state index contributed by atoms with van der Waals surface area (Å²) in [4.78, 5) is 12.3.